The largest absolute Gasteiger partial charge is 0.341 e. The summed E-state index contributed by atoms with van der Waals surface area (Å²) < 4.78 is 0. The molecule has 0 saturated carbocycles. The first kappa shape index (κ1) is 19.0. The lowest BCUT2D eigenvalue weighted by Crippen LogP contribution is -2.23. The number of benzene rings is 2. The molecule has 0 aliphatic carbocycles. The number of nitrogens with zero attached hydrogens (tertiary/aromatic N) is 1. The Morgan fingerprint density at radius 1 is 1.19 bits per heavy atom. The van der Waals surface area contributed by atoms with Crippen molar-refractivity contribution in [1.82, 2.24) is 5.32 Å². The minimum Gasteiger partial charge on any atom is -0.341 e. The maximum Gasteiger partial charge on any atom is 0.288 e. The Labute approximate surface area is 154 Å². The first-order chi connectivity index (χ1) is 12.4. The van der Waals surface area contributed by atoms with Crippen LogP contribution in [-0.4, -0.2) is 23.3 Å². The van der Waals surface area contributed by atoms with Gasteiger partial charge < -0.3 is 10.6 Å². The topological polar surface area (TPSA) is 101 Å². The molecule has 2 N–H and O–H groups in total. The minimum atomic E-state index is -0.649. The summed E-state index contributed by atoms with van der Waals surface area (Å²) in [6, 6.07) is 10.7. The van der Waals surface area contributed by atoms with E-state index in [1.54, 1.807) is 24.3 Å². The summed E-state index contributed by atoms with van der Waals surface area (Å²) in [7, 11) is 0. The van der Waals surface area contributed by atoms with Crippen LogP contribution in [-0.2, 0) is 4.79 Å². The third-order valence-electron chi connectivity index (χ3n) is 3.18. The molecule has 2 amide bonds. The Balaban J connectivity index is 1.95. The fourth-order valence-electron chi connectivity index (χ4n) is 2.01. The number of hydrogen-bond donors (Lipinski definition) is 2. The molecule has 0 spiro atoms. The van der Waals surface area contributed by atoms with E-state index >= 15 is 0 Å². The zero-order chi connectivity index (χ0) is 19.1. The summed E-state index contributed by atoms with van der Waals surface area (Å²) in [4.78, 5) is 33.1. The van der Waals surface area contributed by atoms with Crippen LogP contribution in [0, 0.1) is 22.0 Å². The maximum absolute atomic E-state index is 12.0. The molecule has 132 valence electrons. The van der Waals surface area contributed by atoms with E-state index in [2.05, 4.69) is 22.5 Å². The van der Waals surface area contributed by atoms with E-state index in [1.165, 1.54) is 19.1 Å². The van der Waals surface area contributed by atoms with Gasteiger partial charge in [-0.2, -0.15) is 0 Å². The van der Waals surface area contributed by atoms with Gasteiger partial charge in [0.15, 0.2) is 0 Å². The quantitative estimate of drug-likeness (QED) is 0.490. The third kappa shape index (κ3) is 5.33. The van der Waals surface area contributed by atoms with Crippen LogP contribution >= 0.6 is 11.6 Å². The van der Waals surface area contributed by atoms with Gasteiger partial charge in [-0.15, -0.1) is 0 Å². The van der Waals surface area contributed by atoms with Gasteiger partial charge in [-0.1, -0.05) is 23.4 Å². The monoisotopic (exact) mass is 371 g/mol. The first-order valence-corrected chi connectivity index (χ1v) is 7.83. The van der Waals surface area contributed by atoms with Gasteiger partial charge in [0.25, 0.3) is 11.6 Å². The molecule has 0 heterocycles. The summed E-state index contributed by atoms with van der Waals surface area (Å²) in [5.74, 6) is 5.00. The van der Waals surface area contributed by atoms with Crippen LogP contribution in [0.1, 0.15) is 22.8 Å². The van der Waals surface area contributed by atoms with Crippen molar-refractivity contribution in [2.75, 3.05) is 11.9 Å². The Hall–Kier alpha value is -3.37. The van der Waals surface area contributed by atoms with E-state index in [9.17, 15) is 19.7 Å². The molecular formula is C18H14ClN3O4. The third-order valence-corrected chi connectivity index (χ3v) is 3.50. The van der Waals surface area contributed by atoms with Crippen LogP contribution in [0.25, 0.3) is 0 Å². The average molecular weight is 372 g/mol. The lowest BCUT2D eigenvalue weighted by atomic mass is 10.2. The average Bonchev–Trinajstić information content (AvgIpc) is 2.59. The zero-order valence-electron chi connectivity index (χ0n) is 13.7. The molecule has 0 aromatic heterocycles. The van der Waals surface area contributed by atoms with Crippen molar-refractivity contribution >= 4 is 34.8 Å². The maximum atomic E-state index is 12.0. The van der Waals surface area contributed by atoms with Gasteiger partial charge in [0.05, 0.1) is 11.5 Å². The Morgan fingerprint density at radius 3 is 2.50 bits per heavy atom. The van der Waals surface area contributed by atoms with Gasteiger partial charge in [-0.3, -0.25) is 19.7 Å². The standard InChI is InChI=1S/C18H14ClN3O4/c1-12(23)21-15-7-4-13(5-8-15)3-2-10-20-18(24)14-6-9-16(19)17(11-14)22(25)26/h4-9,11H,10H2,1H3,(H,20,24)(H,21,23). The number of nitro benzene ring substituents is 1. The van der Waals surface area contributed by atoms with Crippen LogP contribution in [0.3, 0.4) is 0 Å². The van der Waals surface area contributed by atoms with Gasteiger partial charge in [0, 0.05) is 29.8 Å². The van der Waals surface area contributed by atoms with Crippen molar-refractivity contribution in [3.63, 3.8) is 0 Å². The first-order valence-electron chi connectivity index (χ1n) is 7.45. The summed E-state index contributed by atoms with van der Waals surface area (Å²) in [5, 5.41) is 16.0. The highest BCUT2D eigenvalue weighted by atomic mass is 35.5. The number of hydrogen-bond acceptors (Lipinski definition) is 4. The van der Waals surface area contributed by atoms with Gasteiger partial charge >= 0.3 is 0 Å². The number of nitrogens with one attached hydrogen (secondary N) is 2. The van der Waals surface area contributed by atoms with Crippen molar-refractivity contribution in [3.05, 3.63) is 68.7 Å². The van der Waals surface area contributed by atoms with Gasteiger partial charge in [0.1, 0.15) is 5.02 Å². The molecule has 2 aromatic carbocycles. The fraction of sp³-hybridized carbons (Fsp3) is 0.111. The molecule has 7 nitrogen and oxygen atoms in total. The molecule has 0 saturated heterocycles. The summed E-state index contributed by atoms with van der Waals surface area (Å²) in [6.45, 7) is 1.49. The smallest absolute Gasteiger partial charge is 0.288 e. The van der Waals surface area contributed by atoms with Crippen LogP contribution in [0.5, 0.6) is 0 Å². The molecule has 0 radical (unpaired) electrons. The Kier molecular flexibility index (Phi) is 6.31. The van der Waals surface area contributed by atoms with Gasteiger partial charge in [-0.05, 0) is 36.4 Å². The van der Waals surface area contributed by atoms with Crippen LogP contribution in [0.2, 0.25) is 5.02 Å². The number of nitro groups is 1. The van der Waals surface area contributed by atoms with E-state index in [4.69, 9.17) is 11.6 Å². The number of rotatable bonds is 4. The highest BCUT2D eigenvalue weighted by Crippen LogP contribution is 2.24. The lowest BCUT2D eigenvalue weighted by molar-refractivity contribution is -0.384. The Bertz CT molecular complexity index is 914. The number of carbonyl (C=O) groups excluding carboxylic acids is 2. The molecule has 26 heavy (non-hydrogen) atoms. The molecular weight excluding hydrogens is 358 g/mol. The number of anilines is 1. The predicted octanol–water partition coefficient (Wildman–Crippen LogP) is 2.99. The van der Waals surface area contributed by atoms with E-state index in [0.29, 0.717) is 5.69 Å². The molecule has 2 aromatic rings. The van der Waals surface area contributed by atoms with E-state index in [1.807, 2.05) is 0 Å². The molecule has 0 bridgehead atoms. The second-order valence-electron chi connectivity index (χ2n) is 5.17. The summed E-state index contributed by atoms with van der Waals surface area (Å²) >= 11 is 5.71. The summed E-state index contributed by atoms with van der Waals surface area (Å²) in [6.07, 6.45) is 0. The lowest BCUT2D eigenvalue weighted by Gasteiger charge is -2.02. The molecule has 2 rings (SSSR count). The molecule has 0 atom stereocenters. The summed E-state index contributed by atoms with van der Waals surface area (Å²) in [5.41, 5.74) is 1.18. The molecule has 8 heteroatoms. The number of amides is 2. The normalized spacial score (nSPS) is 9.62. The SMILES string of the molecule is CC(=O)Nc1ccc(C#CCNC(=O)c2ccc(Cl)c([N+](=O)[O-])c2)cc1. The van der Waals surface area contributed by atoms with Crippen LogP contribution in [0.15, 0.2) is 42.5 Å². The molecule has 0 unspecified atom stereocenters. The highest BCUT2D eigenvalue weighted by molar-refractivity contribution is 6.32. The second kappa shape index (κ2) is 8.65. The predicted molar refractivity (Wildman–Crippen MR) is 98.1 cm³/mol. The van der Waals surface area contributed by atoms with E-state index in [-0.39, 0.29) is 28.7 Å². The van der Waals surface area contributed by atoms with Crippen molar-refractivity contribution in [2.24, 2.45) is 0 Å². The Morgan fingerprint density at radius 2 is 1.88 bits per heavy atom. The van der Waals surface area contributed by atoms with Gasteiger partial charge in [-0.25, -0.2) is 0 Å². The number of carbonyl (C=O) groups is 2. The molecule has 0 aliphatic heterocycles. The minimum absolute atomic E-state index is 0.0333. The fourth-order valence-corrected chi connectivity index (χ4v) is 2.19. The van der Waals surface area contributed by atoms with Crippen LogP contribution < -0.4 is 10.6 Å². The second-order valence-corrected chi connectivity index (χ2v) is 5.57. The van der Waals surface area contributed by atoms with E-state index in [0.717, 1.165) is 11.6 Å². The number of halogens is 1. The van der Waals surface area contributed by atoms with Gasteiger partial charge in [0.2, 0.25) is 5.91 Å². The van der Waals surface area contributed by atoms with Crippen LogP contribution in [0.4, 0.5) is 11.4 Å². The van der Waals surface area contributed by atoms with Crippen molar-refractivity contribution in [2.45, 2.75) is 6.92 Å². The van der Waals surface area contributed by atoms with Crippen molar-refractivity contribution < 1.29 is 14.5 Å². The zero-order valence-corrected chi connectivity index (χ0v) is 14.5. The van der Waals surface area contributed by atoms with Crippen molar-refractivity contribution in [1.29, 1.82) is 0 Å². The van der Waals surface area contributed by atoms with E-state index < -0.39 is 10.8 Å². The molecule has 0 fully saturated rings. The highest BCUT2D eigenvalue weighted by Gasteiger charge is 2.15. The molecule has 0 aliphatic rings. The van der Waals surface area contributed by atoms with Crippen molar-refractivity contribution in [3.8, 4) is 11.8 Å².